The van der Waals surface area contributed by atoms with Gasteiger partial charge in [0.15, 0.2) is 5.65 Å². The van der Waals surface area contributed by atoms with Crippen molar-refractivity contribution in [3.8, 4) is 0 Å². The lowest BCUT2D eigenvalue weighted by molar-refractivity contribution is 0.444. The molecule has 4 nitrogen and oxygen atoms in total. The van der Waals surface area contributed by atoms with Crippen LogP contribution in [0.5, 0.6) is 0 Å². The van der Waals surface area contributed by atoms with Crippen LogP contribution in [0.2, 0.25) is 0 Å². The molecule has 0 amide bonds. The Kier molecular flexibility index (Phi) is 3.49. The van der Waals surface area contributed by atoms with Gasteiger partial charge in [0.25, 0.3) is 0 Å². The summed E-state index contributed by atoms with van der Waals surface area (Å²) in [7, 11) is 0. The van der Waals surface area contributed by atoms with E-state index in [1.807, 2.05) is 31.3 Å². The molecule has 0 aliphatic heterocycles. The van der Waals surface area contributed by atoms with E-state index in [1.165, 1.54) is 0 Å². The minimum atomic E-state index is 0.0440. The lowest BCUT2D eigenvalue weighted by Crippen LogP contribution is -2.11. The molecule has 3 heterocycles. The predicted octanol–water partition coefficient (Wildman–Crippen LogP) is 3.72. The number of hydrogen-bond acceptors (Lipinski definition) is 3. The molecule has 3 aromatic rings. The van der Waals surface area contributed by atoms with Gasteiger partial charge in [0.05, 0.1) is 12.3 Å². The second kappa shape index (κ2) is 5.29. The van der Waals surface area contributed by atoms with E-state index in [2.05, 4.69) is 16.5 Å². The average Bonchev–Trinajstić information content (AvgIpc) is 3.06. The number of halogens is 1. The summed E-state index contributed by atoms with van der Waals surface area (Å²) < 4.78 is 7.64. The molecule has 0 fully saturated rings. The molecule has 0 aromatic carbocycles. The maximum Gasteiger partial charge on any atom is 0.160 e. The predicted molar refractivity (Wildman–Crippen MR) is 79.2 cm³/mol. The molecular formula is C15H16ClN3O. The molecule has 5 heteroatoms. The van der Waals surface area contributed by atoms with Crippen molar-refractivity contribution in [1.82, 2.24) is 14.5 Å². The van der Waals surface area contributed by atoms with Gasteiger partial charge in [-0.2, -0.15) is 0 Å². The summed E-state index contributed by atoms with van der Waals surface area (Å²) in [5.74, 6) is 2.37. The van der Waals surface area contributed by atoms with Crippen molar-refractivity contribution in [1.29, 1.82) is 0 Å². The average molecular weight is 290 g/mol. The highest BCUT2D eigenvalue weighted by Crippen LogP contribution is 2.26. The van der Waals surface area contributed by atoms with Crippen LogP contribution < -0.4 is 0 Å². The van der Waals surface area contributed by atoms with E-state index in [-0.39, 0.29) is 6.04 Å². The van der Waals surface area contributed by atoms with Gasteiger partial charge < -0.3 is 8.98 Å². The third kappa shape index (κ3) is 2.10. The second-order valence-electron chi connectivity index (χ2n) is 4.83. The first-order valence-corrected chi connectivity index (χ1v) is 7.17. The molecule has 0 bridgehead atoms. The van der Waals surface area contributed by atoms with Gasteiger partial charge in [-0.15, -0.1) is 11.6 Å². The van der Waals surface area contributed by atoms with E-state index in [1.54, 1.807) is 6.26 Å². The van der Waals surface area contributed by atoms with Crippen molar-refractivity contribution in [2.45, 2.75) is 26.3 Å². The number of alkyl halides is 1. The van der Waals surface area contributed by atoms with Crippen molar-refractivity contribution in [2.75, 3.05) is 5.88 Å². The van der Waals surface area contributed by atoms with Crippen LogP contribution in [0, 0.1) is 6.92 Å². The molecule has 1 atom stereocenters. The lowest BCUT2D eigenvalue weighted by Gasteiger charge is -2.14. The van der Waals surface area contributed by atoms with Crippen LogP contribution in [0.3, 0.4) is 0 Å². The largest absolute Gasteiger partial charge is 0.467 e. The molecule has 0 spiro atoms. The molecule has 0 saturated heterocycles. The van der Waals surface area contributed by atoms with Gasteiger partial charge >= 0.3 is 0 Å². The van der Waals surface area contributed by atoms with Crippen LogP contribution in [0.4, 0.5) is 0 Å². The van der Waals surface area contributed by atoms with Crippen molar-refractivity contribution in [2.24, 2.45) is 0 Å². The highest BCUT2D eigenvalue weighted by molar-refractivity contribution is 6.17. The minimum absolute atomic E-state index is 0.0440. The maximum atomic E-state index is 5.91. The molecule has 0 aliphatic rings. The number of aromatic nitrogens is 3. The molecule has 3 rings (SSSR count). The third-order valence-electron chi connectivity index (χ3n) is 3.51. The number of imidazole rings is 1. The Balaban J connectivity index is 2.21. The fraction of sp³-hybridized carbons (Fsp3) is 0.333. The normalized spacial score (nSPS) is 12.9. The Morgan fingerprint density at radius 1 is 1.40 bits per heavy atom. The number of rotatable bonds is 4. The molecule has 3 aromatic heterocycles. The summed E-state index contributed by atoms with van der Waals surface area (Å²) in [6.45, 7) is 4.13. The molecule has 104 valence electrons. The van der Waals surface area contributed by atoms with E-state index in [4.69, 9.17) is 21.0 Å². The topological polar surface area (TPSA) is 43.9 Å². The van der Waals surface area contributed by atoms with Crippen LogP contribution >= 0.6 is 11.6 Å². The fourth-order valence-corrected chi connectivity index (χ4v) is 2.65. The summed E-state index contributed by atoms with van der Waals surface area (Å²) in [6, 6.07) is 5.88. The molecule has 0 saturated carbocycles. The van der Waals surface area contributed by atoms with Crippen LogP contribution in [0.25, 0.3) is 11.2 Å². The standard InChI is InChI=1S/C15H16ClN3O/c1-10-6-8-17-15-14(10)18-13(5-7-16)19(15)11(2)12-4-3-9-20-12/h3-4,6,8-9,11H,5,7H2,1-2H3. The Morgan fingerprint density at radius 3 is 2.95 bits per heavy atom. The van der Waals surface area contributed by atoms with Gasteiger partial charge in [-0.3, -0.25) is 0 Å². The van der Waals surface area contributed by atoms with Gasteiger partial charge in [0, 0.05) is 18.5 Å². The number of nitrogens with zero attached hydrogens (tertiary/aromatic N) is 3. The number of pyridine rings is 1. The van der Waals surface area contributed by atoms with Crippen molar-refractivity contribution < 1.29 is 4.42 Å². The Bertz CT molecular complexity index is 718. The second-order valence-corrected chi connectivity index (χ2v) is 5.21. The third-order valence-corrected chi connectivity index (χ3v) is 3.70. The van der Waals surface area contributed by atoms with Gasteiger partial charge in [-0.25, -0.2) is 9.97 Å². The van der Waals surface area contributed by atoms with E-state index < -0.39 is 0 Å². The number of aryl methyl sites for hydroxylation is 2. The van der Waals surface area contributed by atoms with Crippen LogP contribution in [0.15, 0.2) is 35.1 Å². The summed E-state index contributed by atoms with van der Waals surface area (Å²) in [5.41, 5.74) is 2.94. The van der Waals surface area contributed by atoms with Crippen molar-refractivity contribution >= 4 is 22.8 Å². The van der Waals surface area contributed by atoms with E-state index >= 15 is 0 Å². The van der Waals surface area contributed by atoms with E-state index in [0.29, 0.717) is 12.3 Å². The Labute approximate surface area is 122 Å². The van der Waals surface area contributed by atoms with Crippen LogP contribution in [-0.2, 0) is 6.42 Å². The van der Waals surface area contributed by atoms with E-state index in [0.717, 1.165) is 28.3 Å². The SMILES string of the molecule is Cc1ccnc2c1nc(CCCl)n2C(C)c1ccco1. The van der Waals surface area contributed by atoms with Gasteiger partial charge in [-0.1, -0.05) is 0 Å². The summed E-state index contributed by atoms with van der Waals surface area (Å²) in [6.07, 6.45) is 4.21. The highest BCUT2D eigenvalue weighted by atomic mass is 35.5. The van der Waals surface area contributed by atoms with Crippen molar-refractivity contribution in [3.05, 3.63) is 47.8 Å². The molecule has 0 aliphatic carbocycles. The van der Waals surface area contributed by atoms with Crippen molar-refractivity contribution in [3.63, 3.8) is 0 Å². The van der Waals surface area contributed by atoms with Crippen LogP contribution in [0.1, 0.15) is 30.1 Å². The Morgan fingerprint density at radius 2 is 2.25 bits per heavy atom. The van der Waals surface area contributed by atoms with Crippen LogP contribution in [-0.4, -0.2) is 20.4 Å². The molecule has 0 radical (unpaired) electrons. The highest BCUT2D eigenvalue weighted by Gasteiger charge is 2.20. The van der Waals surface area contributed by atoms with Gasteiger partial charge in [0.1, 0.15) is 17.1 Å². The monoisotopic (exact) mass is 289 g/mol. The summed E-state index contributed by atoms with van der Waals surface area (Å²) in [5, 5.41) is 0. The maximum absolute atomic E-state index is 5.91. The number of fused-ring (bicyclic) bond motifs is 1. The zero-order chi connectivity index (χ0) is 14.1. The van der Waals surface area contributed by atoms with E-state index in [9.17, 15) is 0 Å². The minimum Gasteiger partial charge on any atom is -0.467 e. The fourth-order valence-electron chi connectivity index (χ4n) is 2.48. The Hall–Kier alpha value is -1.81. The summed E-state index contributed by atoms with van der Waals surface area (Å²) in [4.78, 5) is 9.20. The smallest absolute Gasteiger partial charge is 0.160 e. The quantitative estimate of drug-likeness (QED) is 0.688. The van der Waals surface area contributed by atoms with Gasteiger partial charge in [-0.05, 0) is 37.6 Å². The number of hydrogen-bond donors (Lipinski definition) is 0. The molecular weight excluding hydrogens is 274 g/mol. The molecule has 0 N–H and O–H groups in total. The molecule has 20 heavy (non-hydrogen) atoms. The zero-order valence-electron chi connectivity index (χ0n) is 11.5. The zero-order valence-corrected chi connectivity index (χ0v) is 12.3. The first-order valence-electron chi connectivity index (χ1n) is 6.64. The first kappa shape index (κ1) is 13.2. The molecule has 1 unspecified atom stereocenters. The number of furan rings is 1. The first-order chi connectivity index (χ1) is 9.72. The van der Waals surface area contributed by atoms with Gasteiger partial charge in [0.2, 0.25) is 0 Å². The summed E-state index contributed by atoms with van der Waals surface area (Å²) >= 11 is 5.91. The lowest BCUT2D eigenvalue weighted by atomic mass is 10.2.